The first-order chi connectivity index (χ1) is 10.7. The van der Waals surface area contributed by atoms with Crippen molar-refractivity contribution in [3.63, 3.8) is 0 Å². The standard InChI is InChI=1S/C17H32O4Si3/c1-22(2,3)19-15-12-10-11-14(13-15)16(20-23(4,5)6)17(18)21-24(7,8)9/h10-13,16H,1-9H3. The van der Waals surface area contributed by atoms with Crippen LogP contribution in [0, 0.1) is 0 Å². The molecule has 1 rings (SSSR count). The Balaban J connectivity index is 3.15. The lowest BCUT2D eigenvalue weighted by Gasteiger charge is -2.29. The summed E-state index contributed by atoms with van der Waals surface area (Å²) < 4.78 is 17.9. The number of rotatable bonds is 7. The molecule has 0 heterocycles. The summed E-state index contributed by atoms with van der Waals surface area (Å²) in [5, 5.41) is 0. The maximum absolute atomic E-state index is 12.7. The quantitative estimate of drug-likeness (QED) is 0.608. The molecule has 0 saturated heterocycles. The van der Waals surface area contributed by atoms with Crippen molar-refractivity contribution in [3.05, 3.63) is 29.8 Å². The molecule has 0 aliphatic carbocycles. The molecule has 7 heteroatoms. The Labute approximate surface area is 149 Å². The van der Waals surface area contributed by atoms with E-state index in [4.69, 9.17) is 13.3 Å². The van der Waals surface area contributed by atoms with Crippen LogP contribution in [0.3, 0.4) is 0 Å². The molecule has 0 bridgehead atoms. The van der Waals surface area contributed by atoms with Gasteiger partial charge in [0.1, 0.15) is 5.75 Å². The second kappa shape index (κ2) is 7.55. The predicted octanol–water partition coefficient (Wildman–Crippen LogP) is 5.17. The Morgan fingerprint density at radius 3 is 1.92 bits per heavy atom. The van der Waals surface area contributed by atoms with Crippen molar-refractivity contribution < 1.29 is 18.1 Å². The number of hydrogen-bond donors (Lipinski definition) is 0. The van der Waals surface area contributed by atoms with Gasteiger partial charge < -0.3 is 13.3 Å². The molecule has 0 fully saturated rings. The van der Waals surface area contributed by atoms with E-state index in [2.05, 4.69) is 39.3 Å². The largest absolute Gasteiger partial charge is 0.544 e. The average molecular weight is 385 g/mol. The van der Waals surface area contributed by atoms with Gasteiger partial charge >= 0.3 is 5.97 Å². The first-order valence-corrected chi connectivity index (χ1v) is 18.6. The molecule has 0 amide bonds. The number of carbonyl (C=O) groups is 1. The Morgan fingerprint density at radius 1 is 0.875 bits per heavy atom. The van der Waals surface area contributed by atoms with Gasteiger partial charge in [0.15, 0.2) is 14.4 Å². The van der Waals surface area contributed by atoms with Crippen LogP contribution in [0.5, 0.6) is 5.75 Å². The van der Waals surface area contributed by atoms with Crippen molar-refractivity contribution in [2.24, 2.45) is 0 Å². The summed E-state index contributed by atoms with van der Waals surface area (Å²) in [6.45, 7) is 18.6. The van der Waals surface area contributed by atoms with Crippen LogP contribution in [-0.2, 0) is 13.6 Å². The topological polar surface area (TPSA) is 44.8 Å². The van der Waals surface area contributed by atoms with Crippen LogP contribution < -0.4 is 4.43 Å². The summed E-state index contributed by atoms with van der Waals surface area (Å²) in [6, 6.07) is 7.66. The minimum atomic E-state index is -1.98. The Bertz CT molecular complexity index is 568. The molecule has 0 aliphatic heterocycles. The van der Waals surface area contributed by atoms with E-state index in [1.54, 1.807) is 0 Å². The number of benzene rings is 1. The van der Waals surface area contributed by atoms with Crippen LogP contribution in [0.25, 0.3) is 0 Å². The molecule has 136 valence electrons. The second-order valence-corrected chi connectivity index (χ2v) is 22.2. The molecule has 1 unspecified atom stereocenters. The molecule has 0 saturated carbocycles. The Kier molecular flexibility index (Phi) is 6.65. The molecule has 1 aromatic carbocycles. The second-order valence-electron chi connectivity index (χ2n) is 8.93. The van der Waals surface area contributed by atoms with Gasteiger partial charge in [-0.1, -0.05) is 12.1 Å². The first kappa shape index (κ1) is 21.1. The molecule has 0 radical (unpaired) electrons. The van der Waals surface area contributed by atoms with E-state index in [1.807, 2.05) is 43.9 Å². The van der Waals surface area contributed by atoms with E-state index in [-0.39, 0.29) is 5.97 Å². The molecular formula is C17H32O4Si3. The highest BCUT2D eigenvalue weighted by atomic mass is 28.4. The molecule has 1 aromatic rings. The summed E-state index contributed by atoms with van der Waals surface area (Å²) in [5.74, 6) is 0.499. The summed E-state index contributed by atoms with van der Waals surface area (Å²) in [4.78, 5) is 12.7. The highest BCUT2D eigenvalue weighted by molar-refractivity contribution is 6.71. The highest BCUT2D eigenvalue weighted by Crippen LogP contribution is 2.28. The molecule has 0 spiro atoms. The fourth-order valence-electron chi connectivity index (χ4n) is 2.06. The van der Waals surface area contributed by atoms with E-state index in [0.717, 1.165) is 11.3 Å². The van der Waals surface area contributed by atoms with Gasteiger partial charge in [-0.05, 0) is 76.6 Å². The van der Waals surface area contributed by atoms with E-state index in [9.17, 15) is 4.79 Å². The Hall–Kier alpha value is -0.899. The molecule has 0 N–H and O–H groups in total. The van der Waals surface area contributed by atoms with E-state index >= 15 is 0 Å². The summed E-state index contributed by atoms with van der Waals surface area (Å²) in [6.07, 6.45) is -0.687. The van der Waals surface area contributed by atoms with Crippen molar-refractivity contribution in [2.45, 2.75) is 65.0 Å². The SMILES string of the molecule is C[Si](C)(C)OC(=O)C(O[Si](C)(C)C)c1cccc(O[Si](C)(C)C)c1. The molecule has 1 atom stereocenters. The molecule has 0 aliphatic rings. The summed E-state index contributed by atoms with van der Waals surface area (Å²) in [5.41, 5.74) is 0.802. The van der Waals surface area contributed by atoms with Crippen molar-refractivity contribution in [2.75, 3.05) is 0 Å². The third-order valence-electron chi connectivity index (χ3n) is 2.68. The average Bonchev–Trinajstić information content (AvgIpc) is 2.30. The molecule has 0 aromatic heterocycles. The van der Waals surface area contributed by atoms with E-state index in [0.29, 0.717) is 0 Å². The lowest BCUT2D eigenvalue weighted by Crippen LogP contribution is -2.37. The van der Waals surface area contributed by atoms with Crippen LogP contribution in [0.4, 0.5) is 0 Å². The van der Waals surface area contributed by atoms with Crippen molar-refractivity contribution in [3.8, 4) is 5.75 Å². The fraction of sp³-hybridized carbons (Fsp3) is 0.588. The zero-order chi connectivity index (χ0) is 18.8. The van der Waals surface area contributed by atoms with Crippen LogP contribution in [-0.4, -0.2) is 30.9 Å². The van der Waals surface area contributed by atoms with Gasteiger partial charge in [-0.3, -0.25) is 4.79 Å². The van der Waals surface area contributed by atoms with Gasteiger partial charge in [-0.15, -0.1) is 0 Å². The van der Waals surface area contributed by atoms with Gasteiger partial charge in [0.2, 0.25) is 16.6 Å². The molecular weight excluding hydrogens is 352 g/mol. The van der Waals surface area contributed by atoms with Crippen LogP contribution in [0.15, 0.2) is 24.3 Å². The lowest BCUT2D eigenvalue weighted by molar-refractivity contribution is -0.143. The van der Waals surface area contributed by atoms with Gasteiger partial charge in [0.25, 0.3) is 0 Å². The van der Waals surface area contributed by atoms with Crippen LogP contribution in [0.2, 0.25) is 58.9 Å². The van der Waals surface area contributed by atoms with Crippen molar-refractivity contribution in [1.82, 2.24) is 0 Å². The van der Waals surface area contributed by atoms with Gasteiger partial charge in [0.05, 0.1) is 0 Å². The van der Waals surface area contributed by atoms with Crippen LogP contribution in [0.1, 0.15) is 11.7 Å². The third-order valence-corrected chi connectivity index (χ3v) is 5.28. The zero-order valence-corrected chi connectivity index (χ0v) is 19.5. The first-order valence-electron chi connectivity index (χ1n) is 8.36. The minimum absolute atomic E-state index is 0.290. The van der Waals surface area contributed by atoms with Gasteiger partial charge in [0, 0.05) is 0 Å². The monoisotopic (exact) mass is 384 g/mol. The predicted molar refractivity (Wildman–Crippen MR) is 107 cm³/mol. The smallest absolute Gasteiger partial charge is 0.325 e. The van der Waals surface area contributed by atoms with Gasteiger partial charge in [-0.25, -0.2) is 0 Å². The zero-order valence-electron chi connectivity index (χ0n) is 16.5. The number of carbonyl (C=O) groups excluding carboxylic acids is 1. The maximum atomic E-state index is 12.7. The molecule has 24 heavy (non-hydrogen) atoms. The highest BCUT2D eigenvalue weighted by Gasteiger charge is 2.33. The maximum Gasteiger partial charge on any atom is 0.325 e. The lowest BCUT2D eigenvalue weighted by atomic mass is 10.1. The van der Waals surface area contributed by atoms with Crippen molar-refractivity contribution >= 4 is 30.9 Å². The van der Waals surface area contributed by atoms with Gasteiger partial charge in [-0.2, -0.15) is 0 Å². The summed E-state index contributed by atoms with van der Waals surface area (Å²) >= 11 is 0. The molecule has 4 nitrogen and oxygen atoms in total. The Morgan fingerprint density at radius 2 is 1.46 bits per heavy atom. The van der Waals surface area contributed by atoms with Crippen molar-refractivity contribution in [1.29, 1.82) is 0 Å². The van der Waals surface area contributed by atoms with E-state index < -0.39 is 31.1 Å². The number of hydrogen-bond acceptors (Lipinski definition) is 4. The fourth-order valence-corrected chi connectivity index (χ4v) is 4.54. The third kappa shape index (κ3) is 8.27. The minimum Gasteiger partial charge on any atom is -0.544 e. The van der Waals surface area contributed by atoms with Crippen LogP contribution >= 0.6 is 0 Å². The normalized spacial score (nSPS) is 14.2. The van der Waals surface area contributed by atoms with E-state index in [1.165, 1.54) is 0 Å². The summed E-state index contributed by atoms with van der Waals surface area (Å²) in [7, 11) is -5.61.